The van der Waals surface area contributed by atoms with E-state index in [2.05, 4.69) is 25.4 Å². The lowest BCUT2D eigenvalue weighted by Crippen LogP contribution is -2.15. The van der Waals surface area contributed by atoms with Crippen LogP contribution in [0.2, 0.25) is 0 Å². The maximum atomic E-state index is 11.8. The van der Waals surface area contributed by atoms with Crippen LogP contribution in [0.1, 0.15) is 6.42 Å². The van der Waals surface area contributed by atoms with Crippen LogP contribution in [-0.4, -0.2) is 30.6 Å². The van der Waals surface area contributed by atoms with Gasteiger partial charge in [-0.15, -0.1) is 0 Å². The number of carbonyl (C=O) groups excluding carboxylic acids is 1. The Hall–Kier alpha value is -3.09. The van der Waals surface area contributed by atoms with Gasteiger partial charge in [-0.25, -0.2) is 15.0 Å². The molecule has 0 aliphatic carbocycles. The highest BCUT2D eigenvalue weighted by atomic mass is 16.1. The van der Waals surface area contributed by atoms with Gasteiger partial charge in [0.25, 0.3) is 0 Å². The van der Waals surface area contributed by atoms with E-state index >= 15 is 0 Å². The SMILES string of the molecule is O=C(CCn1cncn1)Nc1cnc(-c2ccccc2)nc1. The van der Waals surface area contributed by atoms with Crippen LogP contribution in [-0.2, 0) is 11.3 Å². The lowest BCUT2D eigenvalue weighted by atomic mass is 10.2. The van der Waals surface area contributed by atoms with Gasteiger partial charge in [0.2, 0.25) is 5.91 Å². The van der Waals surface area contributed by atoms with Crippen molar-refractivity contribution < 1.29 is 4.79 Å². The summed E-state index contributed by atoms with van der Waals surface area (Å²) in [7, 11) is 0. The minimum Gasteiger partial charge on any atom is -0.323 e. The highest BCUT2D eigenvalue weighted by molar-refractivity contribution is 5.90. The molecule has 0 unspecified atom stereocenters. The molecule has 110 valence electrons. The monoisotopic (exact) mass is 294 g/mol. The second-order valence-electron chi connectivity index (χ2n) is 4.62. The average Bonchev–Trinajstić information content (AvgIpc) is 3.08. The number of nitrogens with one attached hydrogen (secondary N) is 1. The van der Waals surface area contributed by atoms with Crippen molar-refractivity contribution in [3.05, 3.63) is 55.4 Å². The number of anilines is 1. The van der Waals surface area contributed by atoms with Crippen molar-refractivity contribution >= 4 is 11.6 Å². The predicted octanol–water partition coefficient (Wildman–Crippen LogP) is 1.76. The molecular weight excluding hydrogens is 280 g/mol. The highest BCUT2D eigenvalue weighted by Gasteiger charge is 2.05. The molecule has 0 aliphatic heterocycles. The number of nitrogens with zero attached hydrogens (tertiary/aromatic N) is 5. The van der Waals surface area contributed by atoms with Crippen LogP contribution in [0.3, 0.4) is 0 Å². The first kappa shape index (κ1) is 13.9. The molecule has 22 heavy (non-hydrogen) atoms. The van der Waals surface area contributed by atoms with Gasteiger partial charge in [0.15, 0.2) is 5.82 Å². The van der Waals surface area contributed by atoms with E-state index in [0.29, 0.717) is 24.5 Å². The van der Waals surface area contributed by atoms with Gasteiger partial charge >= 0.3 is 0 Å². The Morgan fingerprint density at radius 1 is 1.14 bits per heavy atom. The third-order valence-electron chi connectivity index (χ3n) is 3.00. The van der Waals surface area contributed by atoms with Crippen molar-refractivity contribution in [1.29, 1.82) is 0 Å². The molecule has 0 saturated carbocycles. The van der Waals surface area contributed by atoms with Crippen molar-refractivity contribution in [3.8, 4) is 11.4 Å². The zero-order chi connectivity index (χ0) is 15.2. The molecule has 3 aromatic rings. The molecule has 1 N–H and O–H groups in total. The van der Waals surface area contributed by atoms with Crippen molar-refractivity contribution in [1.82, 2.24) is 24.7 Å². The average molecular weight is 294 g/mol. The molecule has 7 heteroatoms. The molecule has 1 amide bonds. The number of amides is 1. The Balaban J connectivity index is 1.58. The number of hydrogen-bond acceptors (Lipinski definition) is 5. The van der Waals surface area contributed by atoms with E-state index in [1.54, 1.807) is 23.4 Å². The summed E-state index contributed by atoms with van der Waals surface area (Å²) in [6.07, 6.45) is 6.52. The molecule has 0 saturated heterocycles. The molecule has 1 aromatic carbocycles. The molecule has 2 heterocycles. The van der Waals surface area contributed by atoms with Gasteiger partial charge in [-0.3, -0.25) is 9.48 Å². The molecule has 0 radical (unpaired) electrons. The van der Waals surface area contributed by atoms with Gasteiger partial charge in [0.1, 0.15) is 12.7 Å². The first-order chi connectivity index (χ1) is 10.8. The van der Waals surface area contributed by atoms with Crippen molar-refractivity contribution in [3.63, 3.8) is 0 Å². The second kappa shape index (κ2) is 6.57. The van der Waals surface area contributed by atoms with E-state index in [4.69, 9.17) is 0 Å². The Morgan fingerprint density at radius 2 is 1.91 bits per heavy atom. The Bertz CT molecular complexity index is 724. The molecule has 3 rings (SSSR count). The Labute approximate surface area is 127 Å². The number of rotatable bonds is 5. The standard InChI is InChI=1S/C15H14N6O/c22-14(6-7-21-11-16-10-19-21)20-13-8-17-15(18-9-13)12-4-2-1-3-5-12/h1-5,8-11H,6-7H2,(H,20,22). The van der Waals surface area contributed by atoms with Gasteiger partial charge in [0, 0.05) is 12.0 Å². The molecule has 2 aromatic heterocycles. The number of carbonyl (C=O) groups is 1. The summed E-state index contributed by atoms with van der Waals surface area (Å²) in [5, 5.41) is 6.70. The molecule has 0 bridgehead atoms. The molecular formula is C15H14N6O. The van der Waals surface area contributed by atoms with E-state index in [-0.39, 0.29) is 5.91 Å². The van der Waals surface area contributed by atoms with Crippen LogP contribution >= 0.6 is 0 Å². The third kappa shape index (κ3) is 3.51. The first-order valence-electron chi connectivity index (χ1n) is 6.81. The van der Waals surface area contributed by atoms with Gasteiger partial charge < -0.3 is 5.32 Å². The maximum Gasteiger partial charge on any atom is 0.226 e. The largest absolute Gasteiger partial charge is 0.323 e. The number of benzene rings is 1. The number of hydrogen-bond donors (Lipinski definition) is 1. The summed E-state index contributed by atoms with van der Waals surface area (Å²) in [6, 6.07) is 9.67. The molecule has 0 spiro atoms. The molecule has 7 nitrogen and oxygen atoms in total. The number of aromatic nitrogens is 5. The second-order valence-corrected chi connectivity index (χ2v) is 4.62. The summed E-state index contributed by atoms with van der Waals surface area (Å²) < 4.78 is 1.61. The normalized spacial score (nSPS) is 10.4. The molecule has 0 atom stereocenters. The van der Waals surface area contributed by atoms with Gasteiger partial charge in [-0.05, 0) is 0 Å². The van der Waals surface area contributed by atoms with E-state index in [9.17, 15) is 4.79 Å². The fourth-order valence-electron chi connectivity index (χ4n) is 1.92. The van der Waals surface area contributed by atoms with Crippen LogP contribution < -0.4 is 5.32 Å². The van der Waals surface area contributed by atoms with Crippen molar-refractivity contribution in [2.24, 2.45) is 0 Å². The van der Waals surface area contributed by atoms with Gasteiger partial charge in [-0.1, -0.05) is 30.3 Å². The van der Waals surface area contributed by atoms with Crippen LogP contribution in [0.25, 0.3) is 11.4 Å². The minimum atomic E-state index is -0.119. The quantitative estimate of drug-likeness (QED) is 0.775. The predicted molar refractivity (Wildman–Crippen MR) is 80.7 cm³/mol. The zero-order valence-corrected chi connectivity index (χ0v) is 11.8. The lowest BCUT2D eigenvalue weighted by Gasteiger charge is -2.05. The summed E-state index contributed by atoms with van der Waals surface area (Å²) in [5.74, 6) is 0.507. The zero-order valence-electron chi connectivity index (χ0n) is 11.8. The topological polar surface area (TPSA) is 85.6 Å². The highest BCUT2D eigenvalue weighted by Crippen LogP contribution is 2.14. The summed E-state index contributed by atoms with van der Waals surface area (Å²) in [6.45, 7) is 0.481. The van der Waals surface area contributed by atoms with E-state index in [1.807, 2.05) is 30.3 Å². The van der Waals surface area contributed by atoms with Gasteiger partial charge in [-0.2, -0.15) is 5.10 Å². The summed E-state index contributed by atoms with van der Waals surface area (Å²) in [5.41, 5.74) is 1.51. The van der Waals surface area contributed by atoms with Crippen molar-refractivity contribution in [2.45, 2.75) is 13.0 Å². The third-order valence-corrected chi connectivity index (χ3v) is 3.00. The van der Waals surface area contributed by atoms with Gasteiger partial charge in [0.05, 0.1) is 24.6 Å². The van der Waals surface area contributed by atoms with Crippen molar-refractivity contribution in [2.75, 3.05) is 5.32 Å². The van der Waals surface area contributed by atoms with Crippen LogP contribution in [0, 0.1) is 0 Å². The fourth-order valence-corrected chi connectivity index (χ4v) is 1.92. The summed E-state index contributed by atoms with van der Waals surface area (Å²) in [4.78, 5) is 24.2. The van der Waals surface area contributed by atoms with Crippen LogP contribution in [0.4, 0.5) is 5.69 Å². The van der Waals surface area contributed by atoms with E-state index in [1.165, 1.54) is 6.33 Å². The lowest BCUT2D eigenvalue weighted by molar-refractivity contribution is -0.116. The first-order valence-corrected chi connectivity index (χ1v) is 6.81. The smallest absolute Gasteiger partial charge is 0.226 e. The fraction of sp³-hybridized carbons (Fsp3) is 0.133. The number of aryl methyl sites for hydroxylation is 1. The summed E-state index contributed by atoms with van der Waals surface area (Å²) >= 11 is 0. The van der Waals surface area contributed by atoms with E-state index in [0.717, 1.165) is 5.56 Å². The molecule has 0 fully saturated rings. The Kier molecular flexibility index (Phi) is 4.15. The molecule has 0 aliphatic rings. The minimum absolute atomic E-state index is 0.119. The van der Waals surface area contributed by atoms with Crippen LogP contribution in [0.15, 0.2) is 55.4 Å². The Morgan fingerprint density at radius 3 is 2.59 bits per heavy atom. The maximum absolute atomic E-state index is 11.8. The van der Waals surface area contributed by atoms with E-state index < -0.39 is 0 Å². The van der Waals surface area contributed by atoms with Crippen LogP contribution in [0.5, 0.6) is 0 Å².